The van der Waals surface area contributed by atoms with Gasteiger partial charge in [-0.05, 0) is 51.3 Å². The molecule has 0 saturated carbocycles. The summed E-state index contributed by atoms with van der Waals surface area (Å²) in [7, 11) is -3.81. The molecular weight excluding hydrogens is 354 g/mol. The first-order chi connectivity index (χ1) is 9.79. The largest absolute Gasteiger partial charge is 0.274 e. The fourth-order valence-electron chi connectivity index (χ4n) is 2.38. The van der Waals surface area contributed by atoms with E-state index in [1.54, 1.807) is 12.1 Å². The van der Waals surface area contributed by atoms with Crippen molar-refractivity contribution in [3.8, 4) is 0 Å². The molecule has 1 N–H and O–H groups in total. The molecule has 6 heteroatoms. The zero-order valence-electron chi connectivity index (χ0n) is 12.0. The number of rotatable bonds is 3. The van der Waals surface area contributed by atoms with Crippen LogP contribution in [0.5, 0.6) is 0 Å². The van der Waals surface area contributed by atoms with E-state index in [2.05, 4.69) is 27.6 Å². The Balaban J connectivity index is 2.13. The molecule has 21 heavy (non-hydrogen) atoms. The average Bonchev–Trinajstić information content (AvgIpc) is 2.41. The number of carbonyl (C=O) groups is 1. The zero-order valence-corrected chi connectivity index (χ0v) is 14.4. The minimum Gasteiger partial charge on any atom is -0.274 e. The normalized spacial score (nSPS) is 19.5. The Morgan fingerprint density at radius 3 is 2.62 bits per heavy atom. The van der Waals surface area contributed by atoms with Gasteiger partial charge in [-0.2, -0.15) is 0 Å². The smallest absolute Gasteiger partial charge is 0.264 e. The molecule has 0 spiro atoms. The van der Waals surface area contributed by atoms with E-state index in [9.17, 15) is 13.2 Å². The van der Waals surface area contributed by atoms with Crippen molar-refractivity contribution in [2.75, 3.05) is 0 Å². The summed E-state index contributed by atoms with van der Waals surface area (Å²) in [6, 6.07) is 6.31. The van der Waals surface area contributed by atoms with Crippen molar-refractivity contribution in [3.63, 3.8) is 0 Å². The summed E-state index contributed by atoms with van der Waals surface area (Å²) in [4.78, 5) is 12.3. The van der Waals surface area contributed by atoms with Crippen molar-refractivity contribution in [2.24, 2.45) is 5.92 Å². The zero-order chi connectivity index (χ0) is 15.6. The second-order valence-corrected chi connectivity index (χ2v) is 8.03. The first kappa shape index (κ1) is 16.2. The number of allylic oxidation sites excluding steroid dienone is 2. The molecule has 1 atom stereocenters. The highest BCUT2D eigenvalue weighted by molar-refractivity contribution is 9.10. The van der Waals surface area contributed by atoms with E-state index in [4.69, 9.17) is 0 Å². The van der Waals surface area contributed by atoms with Gasteiger partial charge in [0.05, 0.1) is 4.90 Å². The number of amides is 1. The monoisotopic (exact) mass is 371 g/mol. The lowest BCUT2D eigenvalue weighted by atomic mass is 9.85. The first-order valence-corrected chi connectivity index (χ1v) is 9.04. The van der Waals surface area contributed by atoms with E-state index < -0.39 is 15.9 Å². The molecule has 4 nitrogen and oxygen atoms in total. The maximum Gasteiger partial charge on any atom is 0.264 e. The molecule has 1 aliphatic carbocycles. The van der Waals surface area contributed by atoms with Crippen LogP contribution in [0.1, 0.15) is 33.1 Å². The fourth-order valence-corrected chi connectivity index (χ4v) is 4.02. The molecule has 0 aliphatic heterocycles. The molecule has 1 aliphatic rings. The summed E-state index contributed by atoms with van der Waals surface area (Å²) in [6.45, 7) is 4.05. The highest BCUT2D eigenvalue weighted by Crippen LogP contribution is 2.29. The summed E-state index contributed by atoms with van der Waals surface area (Å²) in [6.07, 6.45) is 2.18. The van der Waals surface area contributed by atoms with E-state index in [0.717, 1.165) is 6.42 Å². The summed E-state index contributed by atoms with van der Waals surface area (Å²) in [5, 5.41) is 0. The van der Waals surface area contributed by atoms with Crippen LogP contribution < -0.4 is 4.72 Å². The number of carbonyl (C=O) groups excluding carboxylic acids is 1. The topological polar surface area (TPSA) is 63.2 Å². The number of benzene rings is 1. The standard InChI is InChI=1S/C15H18BrNO3S/c1-10-6-7-12(8-11(10)2)15(18)17-21(19,20)14-5-3-4-13(16)9-14/h3-5,9,12H,6-8H2,1-2H3,(H,17,18). The number of halogens is 1. The van der Waals surface area contributed by atoms with E-state index in [1.165, 1.54) is 23.3 Å². The van der Waals surface area contributed by atoms with Gasteiger partial charge < -0.3 is 0 Å². The molecule has 1 aromatic carbocycles. The van der Waals surface area contributed by atoms with Crippen LogP contribution in [-0.4, -0.2) is 14.3 Å². The average molecular weight is 372 g/mol. The van der Waals surface area contributed by atoms with Gasteiger partial charge in [0, 0.05) is 10.4 Å². The molecule has 0 aromatic heterocycles. The lowest BCUT2D eigenvalue weighted by molar-refractivity contribution is -0.123. The Bertz CT molecular complexity index is 695. The highest BCUT2D eigenvalue weighted by atomic mass is 79.9. The third-order valence-electron chi connectivity index (χ3n) is 3.86. The third kappa shape index (κ3) is 3.95. The Hall–Kier alpha value is -1.14. The number of sulfonamides is 1. The predicted octanol–water partition coefficient (Wildman–Crippen LogP) is 3.39. The molecule has 0 bridgehead atoms. The van der Waals surface area contributed by atoms with Crippen LogP contribution >= 0.6 is 15.9 Å². The van der Waals surface area contributed by atoms with Crippen molar-refractivity contribution < 1.29 is 13.2 Å². The van der Waals surface area contributed by atoms with Crippen LogP contribution in [0.2, 0.25) is 0 Å². The molecular formula is C15H18BrNO3S. The lowest BCUT2D eigenvalue weighted by Crippen LogP contribution is -2.36. The first-order valence-electron chi connectivity index (χ1n) is 6.77. The maximum atomic E-state index is 12.2. The van der Waals surface area contributed by atoms with Crippen molar-refractivity contribution in [2.45, 2.75) is 38.0 Å². The van der Waals surface area contributed by atoms with Gasteiger partial charge in [0.1, 0.15) is 0 Å². The van der Waals surface area contributed by atoms with Crippen LogP contribution in [0.3, 0.4) is 0 Å². The number of nitrogens with one attached hydrogen (secondary N) is 1. The number of hydrogen-bond donors (Lipinski definition) is 1. The molecule has 2 rings (SSSR count). The van der Waals surface area contributed by atoms with Gasteiger partial charge in [0.15, 0.2) is 0 Å². The van der Waals surface area contributed by atoms with E-state index >= 15 is 0 Å². The molecule has 1 aromatic rings. The van der Waals surface area contributed by atoms with Gasteiger partial charge in [-0.3, -0.25) is 4.79 Å². The summed E-state index contributed by atoms with van der Waals surface area (Å²) in [5.41, 5.74) is 2.48. The summed E-state index contributed by atoms with van der Waals surface area (Å²) < 4.78 is 27.3. The number of hydrogen-bond acceptors (Lipinski definition) is 3. The second kappa shape index (κ2) is 6.32. The quantitative estimate of drug-likeness (QED) is 0.828. The van der Waals surface area contributed by atoms with E-state index in [0.29, 0.717) is 17.3 Å². The van der Waals surface area contributed by atoms with Gasteiger partial charge >= 0.3 is 0 Å². The summed E-state index contributed by atoms with van der Waals surface area (Å²) in [5.74, 6) is -0.683. The molecule has 0 heterocycles. The van der Waals surface area contributed by atoms with Gasteiger partial charge in [-0.1, -0.05) is 33.1 Å². The van der Waals surface area contributed by atoms with Crippen LogP contribution in [-0.2, 0) is 14.8 Å². The highest BCUT2D eigenvalue weighted by Gasteiger charge is 2.27. The van der Waals surface area contributed by atoms with Crippen molar-refractivity contribution in [1.82, 2.24) is 4.72 Å². The molecule has 114 valence electrons. The maximum absolute atomic E-state index is 12.2. The minimum atomic E-state index is -3.81. The van der Waals surface area contributed by atoms with Crippen molar-refractivity contribution in [3.05, 3.63) is 39.9 Å². The molecule has 1 amide bonds. The fraction of sp³-hybridized carbons (Fsp3) is 0.400. The van der Waals surface area contributed by atoms with Gasteiger partial charge in [0.25, 0.3) is 10.0 Å². The summed E-state index contributed by atoms with van der Waals surface area (Å²) >= 11 is 3.23. The minimum absolute atomic E-state index is 0.0875. The van der Waals surface area contributed by atoms with E-state index in [1.807, 2.05) is 6.92 Å². The van der Waals surface area contributed by atoms with Crippen LogP contribution in [0.4, 0.5) is 0 Å². The molecule has 1 unspecified atom stereocenters. The van der Waals surface area contributed by atoms with Crippen LogP contribution in [0.15, 0.2) is 44.8 Å². The van der Waals surface area contributed by atoms with Crippen molar-refractivity contribution in [1.29, 1.82) is 0 Å². The van der Waals surface area contributed by atoms with E-state index in [-0.39, 0.29) is 10.8 Å². The van der Waals surface area contributed by atoms with Crippen LogP contribution in [0.25, 0.3) is 0 Å². The Labute approximate surface area is 133 Å². The van der Waals surface area contributed by atoms with Gasteiger partial charge in [0.2, 0.25) is 5.91 Å². The second-order valence-electron chi connectivity index (χ2n) is 5.43. The Kier molecular flexibility index (Phi) is 4.88. The van der Waals surface area contributed by atoms with Gasteiger partial charge in [-0.15, -0.1) is 0 Å². The molecule has 0 saturated heterocycles. The van der Waals surface area contributed by atoms with Gasteiger partial charge in [-0.25, -0.2) is 13.1 Å². The van der Waals surface area contributed by atoms with Crippen molar-refractivity contribution >= 4 is 31.9 Å². The Morgan fingerprint density at radius 1 is 1.29 bits per heavy atom. The van der Waals surface area contributed by atoms with Crippen LogP contribution in [0, 0.1) is 5.92 Å². The SMILES string of the molecule is CC1=C(C)CC(C(=O)NS(=O)(=O)c2cccc(Br)c2)CC1. The lowest BCUT2D eigenvalue weighted by Gasteiger charge is -2.23. The predicted molar refractivity (Wildman–Crippen MR) is 85.2 cm³/mol. The molecule has 0 radical (unpaired) electrons. The Morgan fingerprint density at radius 2 is 2.00 bits per heavy atom. The third-order valence-corrected chi connectivity index (χ3v) is 5.70. The molecule has 0 fully saturated rings.